The van der Waals surface area contributed by atoms with Gasteiger partial charge in [0.05, 0.1) is 6.10 Å². The number of piperidine rings is 3. The highest BCUT2D eigenvalue weighted by atomic mass is 35.5. The fourth-order valence-corrected chi connectivity index (χ4v) is 7.12. The van der Waals surface area contributed by atoms with Crippen molar-refractivity contribution in [1.82, 2.24) is 30.1 Å². The lowest BCUT2D eigenvalue weighted by atomic mass is 10.0. The molecule has 0 aromatic carbocycles. The van der Waals surface area contributed by atoms with E-state index < -0.39 is 70.1 Å². The van der Waals surface area contributed by atoms with E-state index in [-0.39, 0.29) is 54.7 Å². The van der Waals surface area contributed by atoms with Crippen molar-refractivity contribution in [3.8, 4) is 11.8 Å². The SMILES string of the molecule is C[C@@H]1C[C@@H](O)CCN1C(=O)OC(C)(C)C.C[C@@H]1C[C@H](Oc2ncccc2C(F)(F)F)CCN1.C[C@@H]1C[C@H](Oc2ncccc2C(F)(F)F)CCN1C(=O)OC(C)(C)C.Cl.O=c1[nH]cccc1C(F)(F)F. The number of nitrogens with one attached hydrogen (secondary N) is 2. The second kappa shape index (κ2) is 25.9. The number of amides is 2. The number of carbonyl (C=O) groups excluding carboxylic acids is 2. The smallest absolute Gasteiger partial charge is 0.421 e. The summed E-state index contributed by atoms with van der Waals surface area (Å²) < 4.78 is 134. The van der Waals surface area contributed by atoms with Crippen LogP contribution in [-0.2, 0) is 28.0 Å². The predicted octanol–water partition coefficient (Wildman–Crippen LogP) is 10.5. The molecule has 0 bridgehead atoms. The van der Waals surface area contributed by atoms with Gasteiger partial charge in [0.25, 0.3) is 5.56 Å². The third-order valence-electron chi connectivity index (χ3n) is 10.3. The first kappa shape index (κ1) is 61.1. The molecule has 3 saturated heterocycles. The van der Waals surface area contributed by atoms with Crippen molar-refractivity contribution in [2.24, 2.45) is 0 Å². The van der Waals surface area contributed by atoms with Gasteiger partial charge in [0.15, 0.2) is 0 Å². The van der Waals surface area contributed by atoms with Crippen LogP contribution in [0.5, 0.6) is 11.8 Å². The van der Waals surface area contributed by atoms with Crippen LogP contribution in [0.2, 0.25) is 0 Å². The molecular formula is C46H64ClF9N6O8. The van der Waals surface area contributed by atoms with Crippen molar-refractivity contribution in [2.45, 2.75) is 167 Å². The molecule has 3 fully saturated rings. The summed E-state index contributed by atoms with van der Waals surface area (Å²) in [5.41, 5.74) is -5.03. The molecule has 6 atom stereocenters. The lowest BCUT2D eigenvalue weighted by molar-refractivity contribution is -0.140. The van der Waals surface area contributed by atoms with Crippen LogP contribution in [0, 0.1) is 0 Å². The second-order valence-corrected chi connectivity index (χ2v) is 18.7. The Balaban J connectivity index is 0.000000332. The van der Waals surface area contributed by atoms with E-state index in [0.29, 0.717) is 51.6 Å². The molecule has 3 aliphatic heterocycles. The summed E-state index contributed by atoms with van der Waals surface area (Å²) in [5, 5.41) is 12.7. The number of H-pyrrole nitrogens is 1. The summed E-state index contributed by atoms with van der Waals surface area (Å²) in [6.45, 7) is 18.3. The van der Waals surface area contributed by atoms with Gasteiger partial charge in [-0.15, -0.1) is 12.4 Å². The number of aliphatic hydroxyl groups is 1. The zero-order valence-corrected chi connectivity index (χ0v) is 41.2. The number of aromatic nitrogens is 3. The van der Waals surface area contributed by atoms with Crippen LogP contribution < -0.4 is 20.3 Å². The third-order valence-corrected chi connectivity index (χ3v) is 10.3. The number of aromatic amines is 1. The van der Waals surface area contributed by atoms with Gasteiger partial charge in [-0.1, -0.05) is 0 Å². The van der Waals surface area contributed by atoms with Crippen LogP contribution >= 0.6 is 12.4 Å². The molecule has 0 unspecified atom stereocenters. The lowest BCUT2D eigenvalue weighted by Crippen LogP contribution is -2.49. The largest absolute Gasteiger partial charge is 0.474 e. The number of halogens is 10. The van der Waals surface area contributed by atoms with E-state index in [1.54, 1.807) is 30.6 Å². The predicted molar refractivity (Wildman–Crippen MR) is 243 cm³/mol. The van der Waals surface area contributed by atoms with Gasteiger partial charge in [-0.3, -0.25) is 4.79 Å². The average Bonchev–Trinajstić information content (AvgIpc) is 3.20. The van der Waals surface area contributed by atoms with Gasteiger partial charge in [0, 0.05) is 62.6 Å². The van der Waals surface area contributed by atoms with Crippen molar-refractivity contribution in [1.29, 1.82) is 0 Å². The third kappa shape index (κ3) is 20.7. The minimum atomic E-state index is -4.56. The molecule has 6 rings (SSSR count). The van der Waals surface area contributed by atoms with E-state index in [0.717, 1.165) is 37.0 Å². The summed E-state index contributed by atoms with van der Waals surface area (Å²) in [5.74, 6) is -0.734. The Kier molecular flexibility index (Phi) is 22.6. The molecule has 3 N–H and O–H groups in total. The zero-order chi connectivity index (χ0) is 52.1. The highest BCUT2D eigenvalue weighted by Gasteiger charge is 2.39. The maximum atomic E-state index is 13.0. The van der Waals surface area contributed by atoms with Gasteiger partial charge >= 0.3 is 30.7 Å². The number of aliphatic hydroxyl groups excluding tert-OH is 1. The van der Waals surface area contributed by atoms with Crippen molar-refractivity contribution >= 4 is 24.6 Å². The maximum Gasteiger partial charge on any atom is 0.421 e. The number of nitrogens with zero attached hydrogens (tertiary/aromatic N) is 4. The molecule has 396 valence electrons. The molecular weight excluding hydrogens is 971 g/mol. The molecule has 3 aromatic rings. The van der Waals surface area contributed by atoms with E-state index in [1.165, 1.54) is 24.5 Å². The van der Waals surface area contributed by atoms with E-state index in [9.17, 15) is 59.0 Å². The molecule has 0 saturated carbocycles. The van der Waals surface area contributed by atoms with Crippen molar-refractivity contribution < 1.29 is 73.2 Å². The molecule has 14 nitrogen and oxygen atoms in total. The quantitative estimate of drug-likeness (QED) is 0.213. The topological polar surface area (TPSA) is 168 Å². The number of rotatable bonds is 4. The number of ether oxygens (including phenoxy) is 4. The van der Waals surface area contributed by atoms with Gasteiger partial charge < -0.3 is 44.2 Å². The Labute approximate surface area is 407 Å². The van der Waals surface area contributed by atoms with Gasteiger partial charge in [-0.05, 0) is 131 Å². The van der Waals surface area contributed by atoms with Crippen LogP contribution in [0.25, 0.3) is 0 Å². The highest BCUT2D eigenvalue weighted by molar-refractivity contribution is 5.85. The Morgan fingerprint density at radius 2 is 1.07 bits per heavy atom. The summed E-state index contributed by atoms with van der Waals surface area (Å²) in [4.78, 5) is 47.0. The number of carbonyl (C=O) groups is 2. The minimum Gasteiger partial charge on any atom is -0.474 e. The number of alkyl halides is 9. The van der Waals surface area contributed by atoms with E-state index in [1.807, 2.05) is 46.5 Å². The Morgan fingerprint density at radius 1 is 0.643 bits per heavy atom. The van der Waals surface area contributed by atoms with Gasteiger partial charge in [0.2, 0.25) is 11.8 Å². The van der Waals surface area contributed by atoms with Crippen LogP contribution in [0.1, 0.15) is 118 Å². The highest BCUT2D eigenvalue weighted by Crippen LogP contribution is 2.37. The molecule has 3 aromatic heterocycles. The van der Waals surface area contributed by atoms with E-state index in [2.05, 4.69) is 15.3 Å². The Bertz CT molecular complexity index is 2150. The van der Waals surface area contributed by atoms with Crippen LogP contribution in [0.4, 0.5) is 49.1 Å². The molecule has 24 heteroatoms. The Morgan fingerprint density at radius 3 is 1.46 bits per heavy atom. The van der Waals surface area contributed by atoms with Crippen LogP contribution in [0.3, 0.4) is 0 Å². The molecule has 6 heterocycles. The van der Waals surface area contributed by atoms with Crippen LogP contribution in [-0.4, -0.2) is 109 Å². The molecule has 2 amide bonds. The summed E-state index contributed by atoms with van der Waals surface area (Å²) in [6, 6.07) is 6.40. The monoisotopic (exact) mass is 1030 g/mol. The number of hydrogen-bond acceptors (Lipinski definition) is 11. The molecule has 0 radical (unpaired) electrons. The standard InChI is InChI=1S/C17H23F3N2O3.C12H15F3N2O.C11H21NO3.C6H4F3NO.ClH/c1-11-10-12(7-9-22(11)15(23)25-16(2,3)4)24-14-13(17(18,19)20)6-5-8-21-14;1-8-7-9(4-6-16-8)18-11-10(12(13,14)15)3-2-5-17-11;1-8-7-9(13)5-6-12(8)10(14)15-11(2,3)4;7-6(8,9)4-2-1-3-10-5(4)11;/h5-6,8,11-12H,7,9-10H2,1-4H3;2-3,5,8-9,16H,4,6-7H2,1H3;8-9,13H,5-7H2,1-4H3;1-3H,(H,10,11);1H/t11-,12-;8-,9-;8-,9+;;/m111../s1. The summed E-state index contributed by atoms with van der Waals surface area (Å²) >= 11 is 0. The molecule has 3 aliphatic rings. The second-order valence-electron chi connectivity index (χ2n) is 18.7. The van der Waals surface area contributed by atoms with Crippen molar-refractivity contribution in [2.75, 3.05) is 19.6 Å². The van der Waals surface area contributed by atoms with Gasteiger partial charge in [0.1, 0.15) is 40.1 Å². The first-order valence-corrected chi connectivity index (χ1v) is 22.3. The summed E-state index contributed by atoms with van der Waals surface area (Å²) in [6.07, 6.45) is -7.92. The minimum absolute atomic E-state index is 0. The van der Waals surface area contributed by atoms with Crippen LogP contribution in [0.15, 0.2) is 59.8 Å². The number of hydrogen-bond donors (Lipinski definition) is 3. The summed E-state index contributed by atoms with van der Waals surface area (Å²) in [7, 11) is 0. The number of pyridine rings is 3. The lowest BCUT2D eigenvalue weighted by Gasteiger charge is -2.38. The number of likely N-dealkylation sites (tertiary alicyclic amines) is 2. The van der Waals surface area contributed by atoms with Crippen molar-refractivity contribution in [3.63, 3.8) is 0 Å². The zero-order valence-electron chi connectivity index (χ0n) is 40.4. The first-order valence-electron chi connectivity index (χ1n) is 22.3. The fourth-order valence-electron chi connectivity index (χ4n) is 7.12. The Hall–Kier alpha value is -5.03. The van der Waals surface area contributed by atoms with Gasteiger partial charge in [-0.2, -0.15) is 39.5 Å². The maximum absolute atomic E-state index is 13.0. The van der Waals surface area contributed by atoms with E-state index in [4.69, 9.17) is 18.9 Å². The normalized spacial score (nSPS) is 21.9. The molecule has 0 aliphatic carbocycles. The molecule has 70 heavy (non-hydrogen) atoms. The van der Waals surface area contributed by atoms with Gasteiger partial charge in [-0.25, -0.2) is 19.6 Å². The van der Waals surface area contributed by atoms with Crippen molar-refractivity contribution in [3.05, 3.63) is 82.0 Å². The average molecular weight is 1040 g/mol. The first-order chi connectivity index (χ1) is 31.7. The fraction of sp³-hybridized carbons (Fsp3) is 0.630. The van der Waals surface area contributed by atoms with E-state index >= 15 is 0 Å². The molecule has 0 spiro atoms.